The first-order valence-corrected chi connectivity index (χ1v) is 7.94. The molecule has 0 saturated heterocycles. The summed E-state index contributed by atoms with van der Waals surface area (Å²) in [6.45, 7) is 6.67. The monoisotopic (exact) mass is 269 g/mol. The summed E-state index contributed by atoms with van der Waals surface area (Å²) in [4.78, 5) is 14.5. The van der Waals surface area contributed by atoms with Gasteiger partial charge in [-0.3, -0.25) is 9.69 Å². The fourth-order valence-corrected chi connectivity index (χ4v) is 2.57. The first kappa shape index (κ1) is 16.4. The molecule has 1 unspecified atom stereocenters. The van der Waals surface area contributed by atoms with Crippen LogP contribution in [-0.2, 0) is 4.79 Å². The predicted octanol–water partition coefficient (Wildman–Crippen LogP) is 1.88. The van der Waals surface area contributed by atoms with E-state index in [-0.39, 0.29) is 11.9 Å². The van der Waals surface area contributed by atoms with Crippen molar-refractivity contribution in [3.8, 4) is 0 Å². The number of carbonyl (C=O) groups excluding carboxylic acids is 1. The van der Waals surface area contributed by atoms with Gasteiger partial charge in [-0.2, -0.15) is 0 Å². The van der Waals surface area contributed by atoms with Crippen LogP contribution in [0, 0.1) is 0 Å². The summed E-state index contributed by atoms with van der Waals surface area (Å²) in [5, 5.41) is 3.07. The van der Waals surface area contributed by atoms with Gasteiger partial charge in [0.05, 0.1) is 6.04 Å². The van der Waals surface area contributed by atoms with Gasteiger partial charge in [0.1, 0.15) is 0 Å². The topological polar surface area (TPSA) is 58.4 Å². The lowest BCUT2D eigenvalue weighted by Gasteiger charge is -2.40. The Morgan fingerprint density at radius 1 is 1.37 bits per heavy atom. The quantitative estimate of drug-likeness (QED) is 0.595. The van der Waals surface area contributed by atoms with Crippen LogP contribution in [0.1, 0.15) is 58.8 Å². The highest BCUT2D eigenvalue weighted by Crippen LogP contribution is 2.26. The van der Waals surface area contributed by atoms with Crippen LogP contribution in [0.2, 0.25) is 0 Å². The number of carbonyl (C=O) groups is 1. The van der Waals surface area contributed by atoms with Gasteiger partial charge in [0.15, 0.2) is 0 Å². The number of hydrogen-bond donors (Lipinski definition) is 2. The summed E-state index contributed by atoms with van der Waals surface area (Å²) in [5.74, 6) is 0.181. The molecule has 0 aromatic rings. The van der Waals surface area contributed by atoms with E-state index in [2.05, 4.69) is 17.1 Å². The Bertz CT molecular complexity index is 254. The van der Waals surface area contributed by atoms with E-state index in [1.54, 1.807) is 0 Å². The first-order valence-electron chi connectivity index (χ1n) is 7.94. The molecule has 0 heterocycles. The van der Waals surface area contributed by atoms with Crippen LogP contribution in [0.4, 0.5) is 0 Å². The molecule has 0 spiro atoms. The fraction of sp³-hybridized carbons (Fsp3) is 0.933. The Morgan fingerprint density at radius 3 is 2.63 bits per heavy atom. The number of nitrogens with zero attached hydrogens (tertiary/aromatic N) is 1. The largest absolute Gasteiger partial charge is 0.355 e. The third kappa shape index (κ3) is 5.49. The smallest absolute Gasteiger partial charge is 0.237 e. The van der Waals surface area contributed by atoms with Crippen molar-refractivity contribution in [3.63, 3.8) is 0 Å². The zero-order chi connectivity index (χ0) is 14.1. The van der Waals surface area contributed by atoms with Crippen molar-refractivity contribution < 1.29 is 4.79 Å². The van der Waals surface area contributed by atoms with Crippen molar-refractivity contribution >= 4 is 5.91 Å². The zero-order valence-corrected chi connectivity index (χ0v) is 12.7. The molecular weight excluding hydrogens is 238 g/mol. The van der Waals surface area contributed by atoms with Gasteiger partial charge < -0.3 is 11.1 Å². The van der Waals surface area contributed by atoms with Gasteiger partial charge in [-0.15, -0.1) is 0 Å². The lowest BCUT2D eigenvalue weighted by molar-refractivity contribution is -0.127. The Balaban J connectivity index is 2.35. The van der Waals surface area contributed by atoms with Crippen LogP contribution < -0.4 is 11.1 Å². The first-order chi connectivity index (χ1) is 9.20. The van der Waals surface area contributed by atoms with Gasteiger partial charge in [0, 0.05) is 19.1 Å². The zero-order valence-electron chi connectivity index (χ0n) is 12.7. The highest BCUT2D eigenvalue weighted by atomic mass is 16.2. The van der Waals surface area contributed by atoms with Crippen molar-refractivity contribution in [2.24, 2.45) is 5.73 Å². The van der Waals surface area contributed by atoms with E-state index in [4.69, 9.17) is 5.73 Å². The summed E-state index contributed by atoms with van der Waals surface area (Å²) >= 11 is 0. The summed E-state index contributed by atoms with van der Waals surface area (Å²) in [6.07, 6.45) is 8.21. The number of nitrogens with two attached hydrogens (primary N) is 1. The van der Waals surface area contributed by atoms with Gasteiger partial charge in [-0.25, -0.2) is 0 Å². The maximum absolute atomic E-state index is 12.2. The molecule has 1 saturated carbocycles. The maximum atomic E-state index is 12.2. The number of hydrogen-bond acceptors (Lipinski definition) is 3. The molecule has 1 aliphatic carbocycles. The molecule has 1 aliphatic rings. The number of unbranched alkanes of at least 4 members (excludes halogenated alkanes) is 2. The van der Waals surface area contributed by atoms with E-state index in [0.717, 1.165) is 25.9 Å². The minimum absolute atomic E-state index is 0.0153. The average Bonchev–Trinajstić information content (AvgIpc) is 2.36. The minimum atomic E-state index is -0.0153. The van der Waals surface area contributed by atoms with Crippen LogP contribution in [0.3, 0.4) is 0 Å². The van der Waals surface area contributed by atoms with Gasteiger partial charge >= 0.3 is 0 Å². The molecule has 1 fully saturated rings. The van der Waals surface area contributed by atoms with Crippen LogP contribution in [0.15, 0.2) is 0 Å². The SMILES string of the molecule is CCCCCNC(=O)C(C)N(CCCN)C1CCC1. The predicted molar refractivity (Wildman–Crippen MR) is 80.0 cm³/mol. The van der Waals surface area contributed by atoms with E-state index in [0.29, 0.717) is 12.6 Å². The van der Waals surface area contributed by atoms with Crippen LogP contribution >= 0.6 is 0 Å². The summed E-state index contributed by atoms with van der Waals surface area (Å²) in [7, 11) is 0. The van der Waals surface area contributed by atoms with Crippen molar-refractivity contribution in [1.82, 2.24) is 10.2 Å². The molecule has 19 heavy (non-hydrogen) atoms. The third-order valence-corrected chi connectivity index (χ3v) is 4.12. The highest BCUT2D eigenvalue weighted by molar-refractivity contribution is 5.81. The summed E-state index contributed by atoms with van der Waals surface area (Å²) < 4.78 is 0. The van der Waals surface area contributed by atoms with Gasteiger partial charge in [-0.1, -0.05) is 26.2 Å². The molecule has 0 aromatic carbocycles. The molecule has 1 rings (SSSR count). The lowest BCUT2D eigenvalue weighted by atomic mass is 9.90. The molecule has 0 aliphatic heterocycles. The molecular formula is C15H31N3O. The van der Waals surface area contributed by atoms with E-state index < -0.39 is 0 Å². The molecule has 1 atom stereocenters. The Hall–Kier alpha value is -0.610. The molecule has 3 N–H and O–H groups in total. The van der Waals surface area contributed by atoms with E-state index in [1.807, 2.05) is 6.92 Å². The van der Waals surface area contributed by atoms with Gasteiger partial charge in [0.25, 0.3) is 0 Å². The molecule has 4 nitrogen and oxygen atoms in total. The second kappa shape index (κ2) is 9.32. The molecule has 112 valence electrons. The highest BCUT2D eigenvalue weighted by Gasteiger charge is 2.31. The Morgan fingerprint density at radius 2 is 2.11 bits per heavy atom. The third-order valence-electron chi connectivity index (χ3n) is 4.12. The summed E-state index contributed by atoms with van der Waals surface area (Å²) in [6, 6.07) is 0.585. The minimum Gasteiger partial charge on any atom is -0.355 e. The van der Waals surface area contributed by atoms with Crippen molar-refractivity contribution in [2.45, 2.75) is 70.9 Å². The molecule has 0 aromatic heterocycles. The average molecular weight is 269 g/mol. The standard InChI is InChI=1S/C15H31N3O/c1-3-4-5-11-17-15(19)13(2)18(12-7-10-16)14-8-6-9-14/h13-14H,3-12,16H2,1-2H3,(H,17,19). The fourth-order valence-electron chi connectivity index (χ4n) is 2.57. The molecule has 0 radical (unpaired) electrons. The maximum Gasteiger partial charge on any atom is 0.237 e. The molecule has 4 heteroatoms. The van der Waals surface area contributed by atoms with Gasteiger partial charge in [0.2, 0.25) is 5.91 Å². The van der Waals surface area contributed by atoms with Crippen molar-refractivity contribution in [2.75, 3.05) is 19.6 Å². The second-order valence-corrected chi connectivity index (χ2v) is 5.64. The van der Waals surface area contributed by atoms with E-state index in [1.165, 1.54) is 32.1 Å². The number of amides is 1. The Labute approximate surface area is 118 Å². The summed E-state index contributed by atoms with van der Waals surface area (Å²) in [5.41, 5.74) is 5.60. The molecule has 1 amide bonds. The number of nitrogens with one attached hydrogen (secondary N) is 1. The van der Waals surface area contributed by atoms with Crippen LogP contribution in [0.5, 0.6) is 0 Å². The van der Waals surface area contributed by atoms with E-state index >= 15 is 0 Å². The number of rotatable bonds is 10. The lowest BCUT2D eigenvalue weighted by Crippen LogP contribution is -2.52. The van der Waals surface area contributed by atoms with Gasteiger partial charge in [-0.05, 0) is 39.2 Å². The molecule has 0 bridgehead atoms. The van der Waals surface area contributed by atoms with E-state index in [9.17, 15) is 4.79 Å². The van der Waals surface area contributed by atoms with Crippen molar-refractivity contribution in [1.29, 1.82) is 0 Å². The Kier molecular flexibility index (Phi) is 8.07. The normalized spacial score (nSPS) is 17.3. The van der Waals surface area contributed by atoms with Crippen molar-refractivity contribution in [3.05, 3.63) is 0 Å². The van der Waals surface area contributed by atoms with Crippen LogP contribution in [0.25, 0.3) is 0 Å². The second-order valence-electron chi connectivity index (χ2n) is 5.64. The van der Waals surface area contributed by atoms with Crippen LogP contribution in [-0.4, -0.2) is 42.5 Å².